The van der Waals surface area contributed by atoms with Crippen LogP contribution in [-0.2, 0) is 16.0 Å². The molecule has 0 radical (unpaired) electrons. The molecule has 1 atom stereocenters. The minimum Gasteiger partial charge on any atom is -0.355 e. The SMILES string of the molecule is Cc1ccc2nc(N3CC(C(=O)NCCc4nc(C)c(C)s4)CC3=O)sc2c1. The van der Waals surface area contributed by atoms with Gasteiger partial charge in [0.25, 0.3) is 0 Å². The first-order chi connectivity index (χ1) is 13.4. The predicted molar refractivity (Wildman–Crippen MR) is 113 cm³/mol. The van der Waals surface area contributed by atoms with Gasteiger partial charge < -0.3 is 5.32 Å². The van der Waals surface area contributed by atoms with Gasteiger partial charge in [0.1, 0.15) is 0 Å². The zero-order chi connectivity index (χ0) is 19.8. The monoisotopic (exact) mass is 414 g/mol. The molecule has 1 aromatic carbocycles. The molecule has 1 aliphatic heterocycles. The van der Waals surface area contributed by atoms with Crippen LogP contribution < -0.4 is 10.2 Å². The van der Waals surface area contributed by atoms with Crippen LogP contribution >= 0.6 is 22.7 Å². The van der Waals surface area contributed by atoms with E-state index in [0.29, 0.717) is 24.6 Å². The highest BCUT2D eigenvalue weighted by Gasteiger charge is 2.36. The third kappa shape index (κ3) is 3.79. The van der Waals surface area contributed by atoms with E-state index >= 15 is 0 Å². The van der Waals surface area contributed by atoms with Gasteiger partial charge in [-0.1, -0.05) is 17.4 Å². The first-order valence-corrected chi connectivity index (χ1v) is 10.9. The largest absolute Gasteiger partial charge is 0.355 e. The van der Waals surface area contributed by atoms with Crippen molar-refractivity contribution in [3.8, 4) is 0 Å². The number of thiazole rings is 2. The number of carbonyl (C=O) groups excluding carboxylic acids is 2. The van der Waals surface area contributed by atoms with Crippen molar-refractivity contribution in [2.75, 3.05) is 18.0 Å². The maximum Gasteiger partial charge on any atom is 0.229 e. The summed E-state index contributed by atoms with van der Waals surface area (Å²) in [6.45, 7) is 7.01. The predicted octanol–water partition coefficient (Wildman–Crippen LogP) is 3.39. The average Bonchev–Trinajstić information content (AvgIpc) is 3.32. The number of aryl methyl sites for hydroxylation is 3. The fourth-order valence-corrected chi connectivity index (χ4v) is 5.31. The number of hydrogen-bond donors (Lipinski definition) is 1. The zero-order valence-electron chi connectivity index (χ0n) is 16.1. The standard InChI is InChI=1S/C20H22N4O2S2/c1-11-4-5-15-16(8-11)28-20(23-15)24-10-14(9-18(24)25)19(26)21-7-6-17-22-12(2)13(3)27-17/h4-5,8,14H,6-7,9-10H2,1-3H3,(H,21,26). The first-order valence-electron chi connectivity index (χ1n) is 9.29. The van der Waals surface area contributed by atoms with Crippen LogP contribution in [0.15, 0.2) is 18.2 Å². The van der Waals surface area contributed by atoms with Crippen molar-refractivity contribution in [1.82, 2.24) is 15.3 Å². The van der Waals surface area contributed by atoms with Crippen molar-refractivity contribution < 1.29 is 9.59 Å². The third-order valence-electron chi connectivity index (χ3n) is 4.97. The topological polar surface area (TPSA) is 75.2 Å². The van der Waals surface area contributed by atoms with E-state index in [-0.39, 0.29) is 24.2 Å². The van der Waals surface area contributed by atoms with Crippen LogP contribution in [0.5, 0.6) is 0 Å². The summed E-state index contributed by atoms with van der Waals surface area (Å²) in [6, 6.07) is 6.06. The van der Waals surface area contributed by atoms with Gasteiger partial charge in [0.15, 0.2) is 5.13 Å². The lowest BCUT2D eigenvalue weighted by Gasteiger charge is -2.13. The molecule has 28 heavy (non-hydrogen) atoms. The molecular weight excluding hydrogens is 392 g/mol. The number of amides is 2. The van der Waals surface area contributed by atoms with Crippen LogP contribution in [0.2, 0.25) is 0 Å². The number of hydrogen-bond acceptors (Lipinski definition) is 6. The summed E-state index contributed by atoms with van der Waals surface area (Å²) in [7, 11) is 0. The van der Waals surface area contributed by atoms with E-state index in [1.807, 2.05) is 26.0 Å². The molecule has 1 N–H and O–H groups in total. The van der Waals surface area contributed by atoms with E-state index in [1.165, 1.54) is 21.8 Å². The summed E-state index contributed by atoms with van der Waals surface area (Å²) in [4.78, 5) is 36.9. The Hall–Kier alpha value is -2.32. The van der Waals surface area contributed by atoms with Crippen molar-refractivity contribution in [1.29, 1.82) is 0 Å². The quantitative estimate of drug-likeness (QED) is 0.694. The first kappa shape index (κ1) is 19.0. The van der Waals surface area contributed by atoms with E-state index in [1.54, 1.807) is 16.2 Å². The highest BCUT2D eigenvalue weighted by Crippen LogP contribution is 2.33. The van der Waals surface area contributed by atoms with Gasteiger partial charge in [-0.2, -0.15) is 0 Å². The summed E-state index contributed by atoms with van der Waals surface area (Å²) in [5.74, 6) is -0.444. The van der Waals surface area contributed by atoms with E-state index in [0.717, 1.165) is 20.9 Å². The van der Waals surface area contributed by atoms with Gasteiger partial charge in [-0.25, -0.2) is 9.97 Å². The normalized spacial score (nSPS) is 16.9. The number of benzene rings is 1. The average molecular weight is 415 g/mol. The van der Waals surface area contributed by atoms with Gasteiger partial charge >= 0.3 is 0 Å². The van der Waals surface area contributed by atoms with Gasteiger partial charge in [-0.3, -0.25) is 14.5 Å². The molecule has 4 rings (SSSR count). The van der Waals surface area contributed by atoms with Crippen molar-refractivity contribution in [2.45, 2.75) is 33.6 Å². The lowest BCUT2D eigenvalue weighted by Crippen LogP contribution is -2.34. The Labute approximate surface area is 171 Å². The molecule has 3 aromatic rings. The summed E-state index contributed by atoms with van der Waals surface area (Å²) < 4.78 is 1.06. The van der Waals surface area contributed by atoms with E-state index in [9.17, 15) is 9.59 Å². The molecule has 0 saturated carbocycles. The number of nitrogens with zero attached hydrogens (tertiary/aromatic N) is 3. The highest BCUT2D eigenvalue weighted by atomic mass is 32.1. The highest BCUT2D eigenvalue weighted by molar-refractivity contribution is 7.22. The van der Waals surface area contributed by atoms with Gasteiger partial charge in [-0.15, -0.1) is 11.3 Å². The van der Waals surface area contributed by atoms with Crippen molar-refractivity contribution in [3.05, 3.63) is 39.3 Å². The van der Waals surface area contributed by atoms with Crippen LogP contribution in [-0.4, -0.2) is 34.9 Å². The Bertz CT molecular complexity index is 1040. The lowest BCUT2D eigenvalue weighted by atomic mass is 10.1. The van der Waals surface area contributed by atoms with Gasteiger partial charge in [-0.05, 0) is 38.5 Å². The van der Waals surface area contributed by atoms with Crippen molar-refractivity contribution in [2.24, 2.45) is 5.92 Å². The van der Waals surface area contributed by atoms with E-state index in [4.69, 9.17) is 0 Å². The maximum absolute atomic E-state index is 12.5. The molecule has 146 valence electrons. The lowest BCUT2D eigenvalue weighted by molar-refractivity contribution is -0.126. The molecule has 0 bridgehead atoms. The second-order valence-corrected chi connectivity index (χ2v) is 9.46. The second kappa shape index (κ2) is 7.60. The summed E-state index contributed by atoms with van der Waals surface area (Å²) in [6.07, 6.45) is 0.947. The Morgan fingerprint density at radius 2 is 2.07 bits per heavy atom. The third-order valence-corrected chi connectivity index (χ3v) is 7.14. The second-order valence-electron chi connectivity index (χ2n) is 7.16. The molecule has 0 spiro atoms. The van der Waals surface area contributed by atoms with E-state index in [2.05, 4.69) is 28.3 Å². The number of aromatic nitrogens is 2. The van der Waals surface area contributed by atoms with Crippen LogP contribution in [0, 0.1) is 26.7 Å². The fourth-order valence-electron chi connectivity index (χ4n) is 3.29. The van der Waals surface area contributed by atoms with Crippen LogP contribution in [0.1, 0.15) is 27.6 Å². The van der Waals surface area contributed by atoms with Crippen molar-refractivity contribution >= 4 is 49.8 Å². The molecule has 1 fully saturated rings. The number of anilines is 1. The molecule has 1 aliphatic rings. The van der Waals surface area contributed by atoms with E-state index < -0.39 is 0 Å². The Kier molecular flexibility index (Phi) is 5.16. The molecule has 8 heteroatoms. The molecule has 1 saturated heterocycles. The molecule has 1 unspecified atom stereocenters. The fraction of sp³-hybridized carbons (Fsp3) is 0.400. The molecule has 2 aromatic heterocycles. The minimum absolute atomic E-state index is 0.0397. The maximum atomic E-state index is 12.5. The van der Waals surface area contributed by atoms with Crippen molar-refractivity contribution in [3.63, 3.8) is 0 Å². The number of nitrogens with one attached hydrogen (secondary N) is 1. The summed E-state index contributed by atoms with van der Waals surface area (Å²) >= 11 is 3.17. The number of rotatable bonds is 5. The smallest absolute Gasteiger partial charge is 0.229 e. The molecule has 2 amide bonds. The van der Waals surface area contributed by atoms with Gasteiger partial charge in [0.2, 0.25) is 11.8 Å². The summed E-state index contributed by atoms with van der Waals surface area (Å²) in [5, 5.41) is 4.67. The minimum atomic E-state index is -0.332. The Morgan fingerprint density at radius 1 is 1.25 bits per heavy atom. The number of fused-ring (bicyclic) bond motifs is 1. The molecule has 3 heterocycles. The van der Waals surface area contributed by atoms with Gasteiger partial charge in [0, 0.05) is 30.8 Å². The van der Waals surface area contributed by atoms with Crippen LogP contribution in [0.25, 0.3) is 10.2 Å². The summed E-state index contributed by atoms with van der Waals surface area (Å²) in [5.41, 5.74) is 3.10. The van der Waals surface area contributed by atoms with Crippen LogP contribution in [0.4, 0.5) is 5.13 Å². The zero-order valence-corrected chi connectivity index (χ0v) is 17.7. The Balaban J connectivity index is 1.37. The van der Waals surface area contributed by atoms with Gasteiger partial charge in [0.05, 0.1) is 26.8 Å². The molecular formula is C20H22N4O2S2. The molecule has 6 nitrogen and oxygen atoms in total. The number of carbonyl (C=O) groups is 2. The Morgan fingerprint density at radius 3 is 2.82 bits per heavy atom. The molecule has 0 aliphatic carbocycles. The van der Waals surface area contributed by atoms with Crippen LogP contribution in [0.3, 0.4) is 0 Å².